The van der Waals surface area contributed by atoms with Gasteiger partial charge in [0.25, 0.3) is 5.69 Å². The van der Waals surface area contributed by atoms with Gasteiger partial charge in [0.1, 0.15) is 5.75 Å². The zero-order valence-electron chi connectivity index (χ0n) is 12.2. The molecule has 0 radical (unpaired) electrons. The first-order valence-electron chi connectivity index (χ1n) is 7.11. The molecule has 0 heterocycles. The molecule has 21 heavy (non-hydrogen) atoms. The molecule has 1 aliphatic rings. The lowest BCUT2D eigenvalue weighted by molar-refractivity contribution is -0.384. The fourth-order valence-electron chi connectivity index (χ4n) is 2.44. The Bertz CT molecular complexity index is 507. The van der Waals surface area contributed by atoms with Gasteiger partial charge in [-0.05, 0) is 20.3 Å². The van der Waals surface area contributed by atoms with Gasteiger partial charge in [-0.1, -0.05) is 0 Å². The summed E-state index contributed by atoms with van der Waals surface area (Å²) in [5.74, 6) is 0.468. The number of hydrogen-bond acceptors (Lipinski definition) is 6. The van der Waals surface area contributed by atoms with Crippen molar-refractivity contribution in [2.45, 2.75) is 38.5 Å². The van der Waals surface area contributed by atoms with E-state index in [4.69, 9.17) is 15.2 Å². The number of nitro groups is 1. The van der Waals surface area contributed by atoms with Gasteiger partial charge in [-0.2, -0.15) is 0 Å². The zero-order valence-corrected chi connectivity index (χ0v) is 12.2. The van der Waals surface area contributed by atoms with Crippen LogP contribution in [0.25, 0.3) is 0 Å². The molecule has 1 saturated carbocycles. The summed E-state index contributed by atoms with van der Waals surface area (Å²) in [6.45, 7) is 4.83. The van der Waals surface area contributed by atoms with Crippen molar-refractivity contribution in [3.8, 4) is 5.75 Å². The van der Waals surface area contributed by atoms with Crippen LogP contribution >= 0.6 is 0 Å². The summed E-state index contributed by atoms with van der Waals surface area (Å²) >= 11 is 0. The number of hydrogen-bond donors (Lipinski definition) is 2. The van der Waals surface area contributed by atoms with E-state index < -0.39 is 4.92 Å². The number of benzene rings is 1. The highest BCUT2D eigenvalue weighted by atomic mass is 16.6. The first kappa shape index (κ1) is 15.5. The second kappa shape index (κ2) is 6.73. The third kappa shape index (κ3) is 3.62. The van der Waals surface area contributed by atoms with Gasteiger partial charge in [-0.25, -0.2) is 0 Å². The van der Waals surface area contributed by atoms with Crippen LogP contribution in [0.4, 0.5) is 11.4 Å². The van der Waals surface area contributed by atoms with Crippen molar-refractivity contribution >= 4 is 11.4 Å². The Kier molecular flexibility index (Phi) is 4.98. The van der Waals surface area contributed by atoms with Gasteiger partial charge in [0.15, 0.2) is 0 Å². The first-order chi connectivity index (χ1) is 10.0. The highest BCUT2D eigenvalue weighted by Gasteiger charge is 2.39. The molecule has 7 nitrogen and oxygen atoms in total. The molecule has 2 rings (SSSR count). The summed E-state index contributed by atoms with van der Waals surface area (Å²) in [6.07, 6.45) is 0.832. The molecule has 3 atom stereocenters. The molecule has 3 unspecified atom stereocenters. The van der Waals surface area contributed by atoms with E-state index in [1.165, 1.54) is 12.1 Å². The van der Waals surface area contributed by atoms with Gasteiger partial charge in [-0.3, -0.25) is 10.1 Å². The third-order valence-corrected chi connectivity index (χ3v) is 3.49. The molecule has 7 heteroatoms. The summed E-state index contributed by atoms with van der Waals surface area (Å²) in [6, 6.07) is 4.58. The molecule has 0 amide bonds. The minimum Gasteiger partial charge on any atom is -0.494 e. The molecule has 116 valence electrons. The average molecular weight is 295 g/mol. The van der Waals surface area contributed by atoms with E-state index in [9.17, 15) is 10.1 Å². The minimum atomic E-state index is -0.436. The zero-order chi connectivity index (χ0) is 15.4. The topological polar surface area (TPSA) is 99.7 Å². The van der Waals surface area contributed by atoms with Crippen LogP contribution in [-0.2, 0) is 4.74 Å². The molecule has 1 aromatic rings. The Morgan fingerprint density at radius 3 is 2.71 bits per heavy atom. The van der Waals surface area contributed by atoms with Crippen LogP contribution in [0.3, 0.4) is 0 Å². The van der Waals surface area contributed by atoms with E-state index in [0.717, 1.165) is 6.42 Å². The maximum Gasteiger partial charge on any atom is 0.275 e. The number of rotatable bonds is 7. The molecule has 1 aliphatic carbocycles. The quantitative estimate of drug-likeness (QED) is 0.589. The maximum atomic E-state index is 11.0. The molecule has 3 N–H and O–H groups in total. The second-order valence-electron chi connectivity index (χ2n) is 4.97. The van der Waals surface area contributed by atoms with Crippen LogP contribution in [0.15, 0.2) is 18.2 Å². The van der Waals surface area contributed by atoms with Crippen LogP contribution in [0.2, 0.25) is 0 Å². The van der Waals surface area contributed by atoms with Gasteiger partial charge in [-0.15, -0.1) is 0 Å². The third-order valence-electron chi connectivity index (χ3n) is 3.49. The molecule has 1 fully saturated rings. The number of nitrogens with one attached hydrogen (secondary N) is 1. The largest absolute Gasteiger partial charge is 0.494 e. The molecule has 0 bridgehead atoms. The van der Waals surface area contributed by atoms with Crippen molar-refractivity contribution in [1.82, 2.24) is 0 Å². The van der Waals surface area contributed by atoms with Crippen LogP contribution in [0.1, 0.15) is 20.3 Å². The highest BCUT2D eigenvalue weighted by Crippen LogP contribution is 2.30. The molecular formula is C14H21N3O4. The number of ether oxygens (including phenoxy) is 2. The monoisotopic (exact) mass is 295 g/mol. The Morgan fingerprint density at radius 1 is 1.38 bits per heavy atom. The highest BCUT2D eigenvalue weighted by molar-refractivity contribution is 5.57. The lowest BCUT2D eigenvalue weighted by Gasteiger charge is -2.43. The smallest absolute Gasteiger partial charge is 0.275 e. The van der Waals surface area contributed by atoms with E-state index in [-0.39, 0.29) is 23.9 Å². The van der Waals surface area contributed by atoms with Gasteiger partial charge < -0.3 is 20.5 Å². The van der Waals surface area contributed by atoms with Crippen molar-refractivity contribution in [3.63, 3.8) is 0 Å². The molecule has 0 aromatic heterocycles. The van der Waals surface area contributed by atoms with E-state index in [2.05, 4.69) is 5.32 Å². The van der Waals surface area contributed by atoms with Gasteiger partial charge in [0.2, 0.25) is 0 Å². The predicted octanol–water partition coefficient (Wildman–Crippen LogP) is 1.91. The number of nitrogens with zero attached hydrogens (tertiary/aromatic N) is 1. The Labute approximate surface area is 123 Å². The van der Waals surface area contributed by atoms with Crippen LogP contribution in [-0.4, -0.2) is 36.3 Å². The summed E-state index contributed by atoms with van der Waals surface area (Å²) in [5.41, 5.74) is 6.59. The molecule has 0 spiro atoms. The average Bonchev–Trinajstić information content (AvgIpc) is 2.45. The second-order valence-corrected chi connectivity index (χ2v) is 4.97. The van der Waals surface area contributed by atoms with Crippen molar-refractivity contribution < 1.29 is 14.4 Å². The number of anilines is 1. The normalized spacial score (nSPS) is 24.2. The molecular weight excluding hydrogens is 274 g/mol. The Balaban J connectivity index is 2.16. The maximum absolute atomic E-state index is 11.0. The van der Waals surface area contributed by atoms with E-state index >= 15 is 0 Å². The molecule has 0 aliphatic heterocycles. The fourth-order valence-corrected chi connectivity index (χ4v) is 2.44. The van der Waals surface area contributed by atoms with Crippen LogP contribution in [0, 0.1) is 10.1 Å². The summed E-state index contributed by atoms with van der Waals surface area (Å²) in [4.78, 5) is 10.5. The number of non-ortho nitro benzene ring substituents is 1. The van der Waals surface area contributed by atoms with Crippen LogP contribution < -0.4 is 15.8 Å². The van der Waals surface area contributed by atoms with Crippen molar-refractivity contribution in [2.75, 3.05) is 18.5 Å². The number of nitro benzene ring substituents is 1. The van der Waals surface area contributed by atoms with E-state index in [1.807, 2.05) is 13.8 Å². The Morgan fingerprint density at radius 2 is 2.14 bits per heavy atom. The lowest BCUT2D eigenvalue weighted by atomic mass is 9.83. The summed E-state index contributed by atoms with van der Waals surface area (Å²) in [7, 11) is 0. The van der Waals surface area contributed by atoms with Crippen molar-refractivity contribution in [2.24, 2.45) is 5.73 Å². The SMILES string of the molecule is CCOc1cc(NC2C(N)CC2OCC)cc([N+](=O)[O-])c1. The first-order valence-corrected chi connectivity index (χ1v) is 7.11. The summed E-state index contributed by atoms with van der Waals surface area (Å²) in [5, 5.41) is 14.2. The standard InChI is InChI=1S/C14H21N3O4/c1-3-20-11-6-9(5-10(7-11)17(18)19)16-14-12(15)8-13(14)21-4-2/h5-7,12-14,16H,3-4,8,15H2,1-2H3. The Hall–Kier alpha value is -1.86. The van der Waals surface area contributed by atoms with Gasteiger partial charge >= 0.3 is 0 Å². The molecule has 0 saturated heterocycles. The number of nitrogens with two attached hydrogens (primary N) is 1. The van der Waals surface area contributed by atoms with Crippen molar-refractivity contribution in [1.29, 1.82) is 0 Å². The predicted molar refractivity (Wildman–Crippen MR) is 79.7 cm³/mol. The van der Waals surface area contributed by atoms with E-state index in [1.54, 1.807) is 6.07 Å². The van der Waals surface area contributed by atoms with Gasteiger partial charge in [0.05, 0.1) is 29.7 Å². The van der Waals surface area contributed by atoms with Crippen molar-refractivity contribution in [3.05, 3.63) is 28.3 Å². The molecule has 1 aromatic carbocycles. The summed E-state index contributed by atoms with van der Waals surface area (Å²) < 4.78 is 10.9. The minimum absolute atomic E-state index is 0.00990. The van der Waals surface area contributed by atoms with E-state index in [0.29, 0.717) is 24.7 Å². The van der Waals surface area contributed by atoms with Crippen LogP contribution in [0.5, 0.6) is 5.75 Å². The fraction of sp³-hybridized carbons (Fsp3) is 0.571. The lowest BCUT2D eigenvalue weighted by Crippen LogP contribution is -2.60. The van der Waals surface area contributed by atoms with Gasteiger partial charge in [0, 0.05) is 30.5 Å².